The van der Waals surface area contributed by atoms with Gasteiger partial charge < -0.3 is 19.2 Å². The van der Waals surface area contributed by atoms with Gasteiger partial charge in [0.1, 0.15) is 13.3 Å². The Kier molecular flexibility index (Phi) is 5.72. The van der Waals surface area contributed by atoms with Gasteiger partial charge in [0.15, 0.2) is 0 Å². The van der Waals surface area contributed by atoms with Crippen LogP contribution in [0.1, 0.15) is 39.2 Å². The van der Waals surface area contributed by atoms with Gasteiger partial charge in [0.25, 0.3) is 6.47 Å². The molecule has 0 aliphatic carbocycles. The fourth-order valence-electron chi connectivity index (χ4n) is 3.33. The number of rotatable bonds is 5. The van der Waals surface area contributed by atoms with Crippen molar-refractivity contribution in [1.29, 1.82) is 0 Å². The molecule has 2 fully saturated rings. The van der Waals surface area contributed by atoms with E-state index in [1.807, 2.05) is 45.0 Å². The van der Waals surface area contributed by atoms with E-state index >= 15 is 0 Å². The minimum Gasteiger partial charge on any atom is -0.463 e. The molecule has 7 nitrogen and oxygen atoms in total. The maximum absolute atomic E-state index is 12.1. The molecule has 0 radical (unpaired) electrons. The molecule has 0 saturated carbocycles. The van der Waals surface area contributed by atoms with E-state index in [0.29, 0.717) is 26.3 Å². The van der Waals surface area contributed by atoms with Crippen molar-refractivity contribution >= 4 is 18.1 Å². The summed E-state index contributed by atoms with van der Waals surface area (Å²) >= 11 is 0. The van der Waals surface area contributed by atoms with Gasteiger partial charge in [-0.2, -0.15) is 0 Å². The van der Waals surface area contributed by atoms with Crippen LogP contribution in [0.25, 0.3) is 0 Å². The zero-order valence-corrected chi connectivity index (χ0v) is 16.3. The van der Waals surface area contributed by atoms with Gasteiger partial charge in [-0.3, -0.25) is 4.79 Å². The van der Waals surface area contributed by atoms with E-state index in [0.717, 1.165) is 30.6 Å². The largest absolute Gasteiger partial charge is 0.463 e. The molecule has 0 unspecified atom stereocenters. The molecule has 0 aromatic heterocycles. The van der Waals surface area contributed by atoms with E-state index in [1.54, 1.807) is 5.06 Å². The smallest absolute Gasteiger partial charge is 0.330 e. The number of benzene rings is 1. The number of carbonyl (C=O) groups excluding carboxylic acids is 2. The zero-order valence-electron chi connectivity index (χ0n) is 16.3. The third-order valence-electron chi connectivity index (χ3n) is 5.06. The molecule has 2 saturated heterocycles. The summed E-state index contributed by atoms with van der Waals surface area (Å²) in [6.45, 7) is 8.96. The first-order valence-corrected chi connectivity index (χ1v) is 9.32. The van der Waals surface area contributed by atoms with Gasteiger partial charge in [0, 0.05) is 25.3 Å². The number of ether oxygens (including phenoxy) is 2. The van der Waals surface area contributed by atoms with Crippen LogP contribution in [0.15, 0.2) is 24.3 Å². The highest BCUT2D eigenvalue weighted by Gasteiger charge is 2.43. The van der Waals surface area contributed by atoms with Crippen LogP contribution in [0.2, 0.25) is 0 Å². The van der Waals surface area contributed by atoms with Gasteiger partial charge in [0.2, 0.25) is 0 Å². The Hall–Kier alpha value is -2.12. The van der Waals surface area contributed by atoms with E-state index in [-0.39, 0.29) is 18.2 Å². The van der Waals surface area contributed by atoms with Crippen molar-refractivity contribution in [2.24, 2.45) is 5.41 Å². The minimum atomic E-state index is -0.506. The summed E-state index contributed by atoms with van der Waals surface area (Å²) in [5, 5.41) is 1.75. The Balaban J connectivity index is 1.55. The highest BCUT2D eigenvalue weighted by atomic mass is 16.7. The molecule has 1 aromatic carbocycles. The quantitative estimate of drug-likeness (QED) is 0.731. The van der Waals surface area contributed by atoms with Gasteiger partial charge in [-0.25, -0.2) is 4.79 Å². The first kappa shape index (κ1) is 19.6. The molecule has 2 aliphatic heterocycles. The van der Waals surface area contributed by atoms with Crippen LogP contribution >= 0.6 is 0 Å². The maximum Gasteiger partial charge on any atom is 0.330 e. The number of anilines is 1. The van der Waals surface area contributed by atoms with Crippen molar-refractivity contribution in [2.75, 3.05) is 31.3 Å². The first-order valence-electron chi connectivity index (χ1n) is 9.32. The van der Waals surface area contributed by atoms with Gasteiger partial charge in [-0.15, -0.1) is 5.06 Å². The van der Waals surface area contributed by atoms with Crippen LogP contribution in [-0.2, 0) is 30.5 Å². The van der Waals surface area contributed by atoms with E-state index in [4.69, 9.17) is 14.3 Å². The summed E-state index contributed by atoms with van der Waals surface area (Å²) < 4.78 is 11.0. The Labute approximate surface area is 160 Å². The summed E-state index contributed by atoms with van der Waals surface area (Å²) in [7, 11) is 0. The molecule has 0 bridgehead atoms. The lowest BCUT2D eigenvalue weighted by Gasteiger charge is -2.37. The van der Waals surface area contributed by atoms with Crippen molar-refractivity contribution in [3.05, 3.63) is 29.8 Å². The summed E-state index contributed by atoms with van der Waals surface area (Å²) in [6.07, 6.45) is 1.63. The second-order valence-corrected chi connectivity index (χ2v) is 8.29. The van der Waals surface area contributed by atoms with Crippen molar-refractivity contribution in [3.63, 3.8) is 0 Å². The fraction of sp³-hybridized carbons (Fsp3) is 0.600. The third kappa shape index (κ3) is 4.78. The highest BCUT2D eigenvalue weighted by molar-refractivity contribution is 5.75. The van der Waals surface area contributed by atoms with Crippen molar-refractivity contribution in [3.8, 4) is 0 Å². The Bertz CT molecular complexity index is 677. The summed E-state index contributed by atoms with van der Waals surface area (Å²) in [4.78, 5) is 30.1. The fourth-order valence-corrected chi connectivity index (χ4v) is 3.33. The van der Waals surface area contributed by atoms with Crippen LogP contribution < -0.4 is 4.90 Å². The molecule has 0 N–H and O–H groups in total. The second kappa shape index (κ2) is 7.86. The summed E-state index contributed by atoms with van der Waals surface area (Å²) in [6, 6.07) is 7.94. The van der Waals surface area contributed by atoms with E-state index in [9.17, 15) is 9.59 Å². The molecule has 2 heterocycles. The van der Waals surface area contributed by atoms with Gasteiger partial charge in [-0.05, 0) is 51.3 Å². The molecule has 0 amide bonds. The van der Waals surface area contributed by atoms with Crippen LogP contribution in [0, 0.1) is 5.41 Å². The lowest BCUT2D eigenvalue weighted by molar-refractivity contribution is -0.213. The standard InChI is InChI=1S/C20H28N2O5/c1-19(2,3)18(24)27-22-9-7-20(8-10-22)13-21(14-26-20)17-6-4-5-16(11-17)12-25-15-23/h4-6,11,15H,7-10,12-14H2,1-3H3. The lowest BCUT2D eigenvalue weighted by atomic mass is 9.92. The number of hydroxylamine groups is 2. The minimum absolute atomic E-state index is 0.207. The molecule has 3 rings (SSSR count). The molecule has 1 spiro atoms. The van der Waals surface area contributed by atoms with Crippen LogP contribution in [0.3, 0.4) is 0 Å². The molecular weight excluding hydrogens is 348 g/mol. The number of piperidine rings is 1. The first-order chi connectivity index (χ1) is 12.8. The summed E-state index contributed by atoms with van der Waals surface area (Å²) in [5.41, 5.74) is 1.29. The lowest BCUT2D eigenvalue weighted by Crippen LogP contribution is -2.48. The summed E-state index contributed by atoms with van der Waals surface area (Å²) in [5.74, 6) is -0.207. The average Bonchev–Trinajstić information content (AvgIpc) is 3.05. The van der Waals surface area contributed by atoms with E-state index in [1.165, 1.54) is 0 Å². The Morgan fingerprint density at radius 2 is 2.04 bits per heavy atom. The molecule has 0 atom stereocenters. The molecule has 7 heteroatoms. The van der Waals surface area contributed by atoms with Crippen LogP contribution in [-0.4, -0.2) is 49.5 Å². The normalized spacial score (nSPS) is 19.9. The predicted octanol–water partition coefficient (Wildman–Crippen LogP) is 2.49. The van der Waals surface area contributed by atoms with E-state index < -0.39 is 5.41 Å². The number of hydrogen-bond donors (Lipinski definition) is 0. The van der Waals surface area contributed by atoms with Crippen molar-refractivity contribution in [2.45, 2.75) is 45.8 Å². The van der Waals surface area contributed by atoms with Crippen molar-refractivity contribution in [1.82, 2.24) is 5.06 Å². The highest BCUT2D eigenvalue weighted by Crippen LogP contribution is 2.35. The molecular formula is C20H28N2O5. The van der Waals surface area contributed by atoms with Crippen molar-refractivity contribution < 1.29 is 23.9 Å². The van der Waals surface area contributed by atoms with Gasteiger partial charge >= 0.3 is 5.97 Å². The molecule has 148 valence electrons. The SMILES string of the molecule is CC(C)(C)C(=O)ON1CCC2(CC1)CN(c1cccc(COC=O)c1)CO2. The van der Waals surface area contributed by atoms with Gasteiger partial charge in [-0.1, -0.05) is 12.1 Å². The molecule has 1 aromatic rings. The maximum atomic E-state index is 12.1. The van der Waals surface area contributed by atoms with Gasteiger partial charge in [0.05, 0.1) is 11.0 Å². The Morgan fingerprint density at radius 3 is 2.70 bits per heavy atom. The van der Waals surface area contributed by atoms with Crippen LogP contribution in [0.4, 0.5) is 5.69 Å². The third-order valence-corrected chi connectivity index (χ3v) is 5.06. The average molecular weight is 376 g/mol. The number of carbonyl (C=O) groups is 2. The second-order valence-electron chi connectivity index (χ2n) is 8.29. The number of nitrogens with zero attached hydrogens (tertiary/aromatic N) is 2. The van der Waals surface area contributed by atoms with Crippen LogP contribution in [0.5, 0.6) is 0 Å². The Morgan fingerprint density at radius 1 is 1.30 bits per heavy atom. The monoisotopic (exact) mass is 376 g/mol. The van der Waals surface area contributed by atoms with E-state index in [2.05, 4.69) is 4.90 Å². The zero-order chi connectivity index (χ0) is 19.5. The molecule has 27 heavy (non-hydrogen) atoms. The molecule has 2 aliphatic rings. The number of hydrogen-bond acceptors (Lipinski definition) is 7. The topological polar surface area (TPSA) is 68.3 Å². The predicted molar refractivity (Wildman–Crippen MR) is 99.7 cm³/mol.